The topological polar surface area (TPSA) is 116 Å². The lowest BCUT2D eigenvalue weighted by Crippen LogP contribution is -2.41. The van der Waals surface area contributed by atoms with Crippen LogP contribution in [-0.2, 0) is 16.1 Å². The van der Waals surface area contributed by atoms with Crippen LogP contribution in [0.15, 0.2) is 78.8 Å². The van der Waals surface area contributed by atoms with Crippen molar-refractivity contribution >= 4 is 29.1 Å². The van der Waals surface area contributed by atoms with E-state index in [0.717, 1.165) is 31.0 Å². The molecule has 1 heterocycles. The van der Waals surface area contributed by atoms with Crippen molar-refractivity contribution in [3.05, 3.63) is 95.2 Å². The number of nitrogens with zero attached hydrogens (tertiary/aromatic N) is 1. The summed E-state index contributed by atoms with van der Waals surface area (Å²) in [7, 11) is 0. The van der Waals surface area contributed by atoms with Gasteiger partial charge in [-0.15, -0.1) is 0 Å². The van der Waals surface area contributed by atoms with E-state index in [-0.39, 0.29) is 29.9 Å². The van der Waals surface area contributed by atoms with Gasteiger partial charge in [0.25, 0.3) is 5.91 Å². The Labute approximate surface area is 218 Å². The van der Waals surface area contributed by atoms with E-state index in [4.69, 9.17) is 16.3 Å². The summed E-state index contributed by atoms with van der Waals surface area (Å²) >= 11 is 5.91. The molecule has 2 amide bonds. The highest BCUT2D eigenvalue weighted by Gasteiger charge is 2.26. The number of hydrazine groups is 2. The summed E-state index contributed by atoms with van der Waals surface area (Å²) in [5, 5.41) is 6.11. The van der Waals surface area contributed by atoms with Gasteiger partial charge in [0.05, 0.1) is 11.9 Å². The van der Waals surface area contributed by atoms with Crippen molar-refractivity contribution in [3.8, 4) is 11.6 Å². The van der Waals surface area contributed by atoms with Crippen molar-refractivity contribution in [1.29, 1.82) is 0 Å². The summed E-state index contributed by atoms with van der Waals surface area (Å²) in [5.74, 6) is -0.338. The molecule has 1 aliphatic carbocycles. The molecule has 0 unspecified atom stereocenters. The zero-order valence-electron chi connectivity index (χ0n) is 19.8. The minimum absolute atomic E-state index is 0.0793. The number of anilines is 1. The SMILES string of the molecule is O=C(NCc1ccc(Cl)cc1)/C(=C\NNNc1ccc(Oc2ccc(F)cn2)cc1)NC(=O)C1CCC1. The van der Waals surface area contributed by atoms with E-state index >= 15 is 0 Å². The van der Waals surface area contributed by atoms with Gasteiger partial charge in [0.1, 0.15) is 17.3 Å². The lowest BCUT2D eigenvalue weighted by atomic mass is 9.85. The summed E-state index contributed by atoms with van der Waals surface area (Å²) < 4.78 is 18.5. The molecule has 11 heteroatoms. The third kappa shape index (κ3) is 7.92. The van der Waals surface area contributed by atoms with Crippen LogP contribution in [0.3, 0.4) is 0 Å². The molecule has 1 fully saturated rings. The first-order valence-corrected chi connectivity index (χ1v) is 12.0. The predicted octanol–water partition coefficient (Wildman–Crippen LogP) is 4.16. The molecule has 3 aromatic rings. The number of rotatable bonds is 11. The molecule has 1 aromatic heterocycles. The van der Waals surface area contributed by atoms with Gasteiger partial charge >= 0.3 is 0 Å². The van der Waals surface area contributed by atoms with Crippen molar-refractivity contribution in [1.82, 2.24) is 26.6 Å². The Morgan fingerprint density at radius 1 is 1.05 bits per heavy atom. The van der Waals surface area contributed by atoms with Crippen LogP contribution < -0.4 is 31.8 Å². The van der Waals surface area contributed by atoms with E-state index in [1.54, 1.807) is 36.4 Å². The third-order valence-corrected chi connectivity index (χ3v) is 5.87. The normalized spacial score (nSPS) is 13.3. The summed E-state index contributed by atoms with van der Waals surface area (Å²) in [6.45, 7) is 0.278. The van der Waals surface area contributed by atoms with E-state index in [1.165, 1.54) is 18.3 Å². The molecule has 0 aliphatic heterocycles. The number of benzene rings is 2. The van der Waals surface area contributed by atoms with Crippen LogP contribution in [0, 0.1) is 11.7 Å². The van der Waals surface area contributed by atoms with Crippen molar-refractivity contribution in [2.45, 2.75) is 25.8 Å². The lowest BCUT2D eigenvalue weighted by molar-refractivity contribution is -0.128. The summed E-state index contributed by atoms with van der Waals surface area (Å²) in [6, 6.07) is 16.7. The van der Waals surface area contributed by atoms with Gasteiger partial charge in [0.15, 0.2) is 0 Å². The number of hydrogen-bond donors (Lipinski definition) is 5. The van der Waals surface area contributed by atoms with E-state index in [9.17, 15) is 14.0 Å². The number of aromatic nitrogens is 1. The maximum absolute atomic E-state index is 13.0. The second-order valence-corrected chi connectivity index (χ2v) is 8.76. The smallest absolute Gasteiger partial charge is 0.269 e. The van der Waals surface area contributed by atoms with E-state index in [0.29, 0.717) is 16.5 Å². The summed E-state index contributed by atoms with van der Waals surface area (Å²) in [4.78, 5) is 29.1. The number of pyridine rings is 1. The molecule has 37 heavy (non-hydrogen) atoms. The zero-order chi connectivity index (χ0) is 26.0. The fourth-order valence-electron chi connectivity index (χ4n) is 3.31. The average molecular weight is 525 g/mol. The second kappa shape index (κ2) is 12.7. The van der Waals surface area contributed by atoms with Crippen LogP contribution in [0.25, 0.3) is 0 Å². The molecular weight excluding hydrogens is 499 g/mol. The minimum atomic E-state index is -0.440. The minimum Gasteiger partial charge on any atom is -0.439 e. The second-order valence-electron chi connectivity index (χ2n) is 8.32. The van der Waals surface area contributed by atoms with Crippen LogP contribution in [-0.4, -0.2) is 16.8 Å². The van der Waals surface area contributed by atoms with Crippen LogP contribution >= 0.6 is 11.6 Å². The number of halogens is 2. The molecule has 0 saturated heterocycles. The van der Waals surface area contributed by atoms with E-state index < -0.39 is 11.7 Å². The first-order valence-electron chi connectivity index (χ1n) is 11.7. The average Bonchev–Trinajstić information content (AvgIpc) is 2.86. The van der Waals surface area contributed by atoms with Gasteiger partial charge in [-0.1, -0.05) is 30.2 Å². The Bertz CT molecular complexity index is 1230. The highest BCUT2D eigenvalue weighted by molar-refractivity contribution is 6.30. The fraction of sp³-hybridized carbons (Fsp3) is 0.192. The number of nitrogens with one attached hydrogen (secondary N) is 5. The largest absolute Gasteiger partial charge is 0.439 e. The maximum Gasteiger partial charge on any atom is 0.269 e. The van der Waals surface area contributed by atoms with Crippen molar-refractivity contribution < 1.29 is 18.7 Å². The monoisotopic (exact) mass is 524 g/mol. The van der Waals surface area contributed by atoms with E-state index in [2.05, 4.69) is 32.0 Å². The third-order valence-electron chi connectivity index (χ3n) is 5.62. The Morgan fingerprint density at radius 3 is 2.46 bits per heavy atom. The Hall–Kier alpha value is -4.15. The van der Waals surface area contributed by atoms with Gasteiger partial charge in [-0.3, -0.25) is 9.59 Å². The van der Waals surface area contributed by atoms with Crippen molar-refractivity contribution in [2.24, 2.45) is 5.92 Å². The zero-order valence-corrected chi connectivity index (χ0v) is 20.5. The highest BCUT2D eigenvalue weighted by Crippen LogP contribution is 2.26. The highest BCUT2D eigenvalue weighted by atomic mass is 35.5. The van der Waals surface area contributed by atoms with Crippen LogP contribution in [0.5, 0.6) is 11.6 Å². The van der Waals surface area contributed by atoms with Gasteiger partial charge in [0, 0.05) is 29.8 Å². The fourth-order valence-corrected chi connectivity index (χ4v) is 3.44. The maximum atomic E-state index is 13.0. The number of carbonyl (C=O) groups is 2. The first kappa shape index (κ1) is 25.9. The quantitative estimate of drug-likeness (QED) is 0.145. The summed E-state index contributed by atoms with van der Waals surface area (Å²) in [5.41, 5.74) is 10.1. The Balaban J connectivity index is 1.30. The molecular formula is C26H26ClFN6O3. The first-order chi connectivity index (χ1) is 18.0. The van der Waals surface area contributed by atoms with Gasteiger partial charge in [-0.25, -0.2) is 9.37 Å². The molecule has 9 nitrogen and oxygen atoms in total. The molecule has 1 aliphatic rings. The molecule has 2 aromatic carbocycles. The lowest BCUT2D eigenvalue weighted by Gasteiger charge is -2.24. The predicted molar refractivity (Wildman–Crippen MR) is 137 cm³/mol. The van der Waals surface area contributed by atoms with Crippen LogP contribution in [0.2, 0.25) is 5.02 Å². The van der Waals surface area contributed by atoms with Crippen molar-refractivity contribution in [2.75, 3.05) is 5.43 Å². The van der Waals surface area contributed by atoms with E-state index in [1.807, 2.05) is 12.1 Å². The Morgan fingerprint density at radius 2 is 1.81 bits per heavy atom. The molecule has 5 N–H and O–H groups in total. The summed E-state index contributed by atoms with van der Waals surface area (Å²) in [6.07, 6.45) is 5.09. The number of amides is 2. The van der Waals surface area contributed by atoms with Crippen molar-refractivity contribution in [3.63, 3.8) is 0 Å². The molecule has 0 atom stereocenters. The molecule has 0 radical (unpaired) electrons. The van der Waals surface area contributed by atoms with Crippen LogP contribution in [0.4, 0.5) is 10.1 Å². The van der Waals surface area contributed by atoms with Gasteiger partial charge in [0.2, 0.25) is 11.8 Å². The van der Waals surface area contributed by atoms with Gasteiger partial charge in [-0.05, 0) is 60.9 Å². The van der Waals surface area contributed by atoms with Crippen LogP contribution in [0.1, 0.15) is 24.8 Å². The molecule has 0 bridgehead atoms. The number of ether oxygens (including phenoxy) is 1. The number of carbonyl (C=O) groups excluding carboxylic acids is 2. The van der Waals surface area contributed by atoms with Gasteiger partial charge in [-0.2, -0.15) is 5.53 Å². The van der Waals surface area contributed by atoms with Gasteiger partial charge < -0.3 is 26.2 Å². The standard InChI is InChI=1S/C26H26ClFN6O3/c27-19-6-4-17(5-7-19)14-30-26(36)23(32-25(35)18-2-1-3-18)16-31-34-33-21-9-11-22(12-10-21)37-24-13-8-20(28)15-29-24/h4-13,15-16,18,31,33-34H,1-3,14H2,(H,30,36)(H,32,35)/b23-16+. The Kier molecular flexibility index (Phi) is 8.90. The number of hydrogen-bond acceptors (Lipinski definition) is 7. The molecule has 192 valence electrons. The molecule has 1 saturated carbocycles. The molecule has 4 rings (SSSR count). The molecule has 0 spiro atoms.